The van der Waals surface area contributed by atoms with Crippen LogP contribution in [0.15, 0.2) is 42.6 Å². The molecule has 0 atom stereocenters. The van der Waals surface area contributed by atoms with Crippen molar-refractivity contribution in [3.05, 3.63) is 59.3 Å². The Balaban J connectivity index is 1.58. The number of hydrogen-bond donors (Lipinski definition) is 0. The molecule has 33 heavy (non-hydrogen) atoms. The first-order valence-electron chi connectivity index (χ1n) is 12.1. The van der Waals surface area contributed by atoms with Crippen LogP contribution < -0.4 is 0 Å². The molecule has 176 valence electrons. The summed E-state index contributed by atoms with van der Waals surface area (Å²) in [5, 5.41) is 0. The van der Waals surface area contributed by atoms with Crippen molar-refractivity contribution < 1.29 is 9.53 Å². The zero-order chi connectivity index (χ0) is 24.0. The number of carbonyl (C=O) groups is 1. The smallest absolute Gasteiger partial charge is 0.410 e. The minimum absolute atomic E-state index is 0.176. The average molecular weight is 447 g/mol. The predicted molar refractivity (Wildman–Crippen MR) is 135 cm³/mol. The van der Waals surface area contributed by atoms with Crippen LogP contribution in [0, 0.1) is 0 Å². The molecule has 1 aromatic heterocycles. The number of nitrogens with zero attached hydrogens (tertiary/aromatic N) is 2. The first kappa shape index (κ1) is 23.5. The van der Waals surface area contributed by atoms with Crippen LogP contribution in [0.25, 0.3) is 16.8 Å². The molecule has 2 aromatic rings. The summed E-state index contributed by atoms with van der Waals surface area (Å²) < 4.78 is 5.52. The molecule has 0 fully saturated rings. The van der Waals surface area contributed by atoms with Crippen LogP contribution in [0.5, 0.6) is 0 Å². The quantitative estimate of drug-likeness (QED) is 0.493. The molecule has 0 N–H and O–H groups in total. The van der Waals surface area contributed by atoms with E-state index in [4.69, 9.17) is 9.72 Å². The van der Waals surface area contributed by atoms with Crippen molar-refractivity contribution in [3.63, 3.8) is 0 Å². The van der Waals surface area contributed by atoms with Gasteiger partial charge in [-0.15, -0.1) is 0 Å². The highest BCUT2D eigenvalue weighted by atomic mass is 16.6. The molecule has 0 spiro atoms. The van der Waals surface area contributed by atoms with Gasteiger partial charge in [-0.25, -0.2) is 4.79 Å². The fraction of sp³-hybridized carbons (Fsp3) is 0.517. The lowest BCUT2D eigenvalue weighted by Gasteiger charge is -2.42. The third kappa shape index (κ3) is 5.00. The molecular weight excluding hydrogens is 408 g/mol. The SMILES string of the molecule is CC(C)(C)OC(=O)N1CC=C(c2ccnc(-c3ccc4c(c3)C(C)(C)CCC4(C)C)c2)CC1. The Bertz CT molecular complexity index is 1090. The molecule has 0 saturated heterocycles. The fourth-order valence-electron chi connectivity index (χ4n) is 4.96. The van der Waals surface area contributed by atoms with Gasteiger partial charge in [-0.1, -0.05) is 45.9 Å². The van der Waals surface area contributed by atoms with Crippen molar-refractivity contribution in [1.29, 1.82) is 0 Å². The van der Waals surface area contributed by atoms with E-state index in [1.165, 1.54) is 40.7 Å². The van der Waals surface area contributed by atoms with E-state index in [0.29, 0.717) is 13.1 Å². The number of aromatic nitrogens is 1. The number of amides is 1. The maximum absolute atomic E-state index is 12.4. The summed E-state index contributed by atoms with van der Waals surface area (Å²) in [6, 6.07) is 11.2. The molecule has 0 saturated carbocycles. The second-order valence-electron chi connectivity index (χ2n) is 11.9. The van der Waals surface area contributed by atoms with E-state index in [-0.39, 0.29) is 16.9 Å². The normalized spacial score (nSPS) is 19.5. The summed E-state index contributed by atoms with van der Waals surface area (Å²) >= 11 is 0. The van der Waals surface area contributed by atoms with Crippen molar-refractivity contribution >= 4 is 11.7 Å². The van der Waals surface area contributed by atoms with Gasteiger partial charge in [0.25, 0.3) is 0 Å². The van der Waals surface area contributed by atoms with E-state index in [2.05, 4.69) is 64.1 Å². The van der Waals surface area contributed by atoms with Gasteiger partial charge in [0.15, 0.2) is 0 Å². The number of rotatable bonds is 2. The summed E-state index contributed by atoms with van der Waals surface area (Å²) in [7, 11) is 0. The molecular formula is C29H38N2O2. The highest BCUT2D eigenvalue weighted by Crippen LogP contribution is 2.46. The Morgan fingerprint density at radius 3 is 2.30 bits per heavy atom. The second kappa shape index (κ2) is 8.30. The monoisotopic (exact) mass is 446 g/mol. The van der Waals surface area contributed by atoms with E-state index in [9.17, 15) is 4.79 Å². The molecule has 4 heteroatoms. The summed E-state index contributed by atoms with van der Waals surface area (Å²) in [5.74, 6) is 0. The average Bonchev–Trinajstić information content (AvgIpc) is 2.76. The van der Waals surface area contributed by atoms with Crippen LogP contribution in [0.1, 0.15) is 84.4 Å². The Morgan fingerprint density at radius 2 is 1.67 bits per heavy atom. The maximum atomic E-state index is 12.4. The molecule has 2 aliphatic rings. The van der Waals surface area contributed by atoms with Crippen LogP contribution in [-0.4, -0.2) is 34.7 Å². The van der Waals surface area contributed by atoms with Crippen LogP contribution in [0.4, 0.5) is 4.79 Å². The van der Waals surface area contributed by atoms with Gasteiger partial charge in [-0.3, -0.25) is 4.98 Å². The Kier molecular flexibility index (Phi) is 5.92. The van der Waals surface area contributed by atoms with Crippen molar-refractivity contribution in [1.82, 2.24) is 9.88 Å². The third-order valence-electron chi connectivity index (χ3n) is 7.14. The van der Waals surface area contributed by atoms with Gasteiger partial charge in [0, 0.05) is 24.8 Å². The molecule has 4 rings (SSSR count). The lowest BCUT2D eigenvalue weighted by atomic mass is 9.63. The topological polar surface area (TPSA) is 42.4 Å². The van der Waals surface area contributed by atoms with Crippen LogP contribution in [-0.2, 0) is 15.6 Å². The van der Waals surface area contributed by atoms with E-state index in [0.717, 1.165) is 12.1 Å². The lowest BCUT2D eigenvalue weighted by molar-refractivity contribution is 0.0270. The number of benzene rings is 1. The predicted octanol–water partition coefficient (Wildman–Crippen LogP) is 7.12. The minimum Gasteiger partial charge on any atom is -0.444 e. The standard InChI is InChI=1S/C29H38N2O2/c1-27(2,3)33-26(32)31-16-11-20(12-17-31)21-10-15-30-25(19-21)22-8-9-23-24(18-22)29(6,7)14-13-28(23,4)5/h8-11,15,18-19H,12-14,16-17H2,1-7H3. The highest BCUT2D eigenvalue weighted by Gasteiger charge is 2.37. The zero-order valence-corrected chi connectivity index (χ0v) is 21.3. The molecule has 1 aromatic carbocycles. The molecule has 4 nitrogen and oxygen atoms in total. The van der Waals surface area contributed by atoms with E-state index in [1.807, 2.05) is 27.0 Å². The van der Waals surface area contributed by atoms with Gasteiger partial charge < -0.3 is 9.64 Å². The largest absolute Gasteiger partial charge is 0.444 e. The van der Waals surface area contributed by atoms with Crippen LogP contribution in [0.2, 0.25) is 0 Å². The number of pyridine rings is 1. The molecule has 0 radical (unpaired) electrons. The molecule has 0 bridgehead atoms. The maximum Gasteiger partial charge on any atom is 0.410 e. The van der Waals surface area contributed by atoms with Gasteiger partial charge in [0.1, 0.15) is 5.60 Å². The van der Waals surface area contributed by atoms with Gasteiger partial charge in [0.2, 0.25) is 0 Å². The summed E-state index contributed by atoms with van der Waals surface area (Å²) in [4.78, 5) is 18.9. The first-order chi connectivity index (χ1) is 15.4. The van der Waals surface area contributed by atoms with Crippen molar-refractivity contribution in [2.24, 2.45) is 0 Å². The van der Waals surface area contributed by atoms with Gasteiger partial charge in [-0.2, -0.15) is 0 Å². The number of fused-ring (bicyclic) bond motifs is 1. The Labute approximate surface area is 199 Å². The van der Waals surface area contributed by atoms with Crippen molar-refractivity contribution in [2.45, 2.75) is 84.2 Å². The fourth-order valence-corrected chi connectivity index (χ4v) is 4.96. The van der Waals surface area contributed by atoms with E-state index < -0.39 is 5.60 Å². The van der Waals surface area contributed by atoms with Gasteiger partial charge in [0.05, 0.1) is 5.69 Å². The summed E-state index contributed by atoms with van der Waals surface area (Å²) in [6.07, 6.45) is 7.03. The number of ether oxygens (including phenoxy) is 1. The Morgan fingerprint density at radius 1 is 0.970 bits per heavy atom. The van der Waals surface area contributed by atoms with Crippen LogP contribution in [0.3, 0.4) is 0 Å². The molecule has 1 aliphatic heterocycles. The highest BCUT2D eigenvalue weighted by molar-refractivity contribution is 5.75. The van der Waals surface area contributed by atoms with E-state index >= 15 is 0 Å². The second-order valence-corrected chi connectivity index (χ2v) is 11.9. The Hall–Kier alpha value is -2.62. The van der Waals surface area contributed by atoms with Gasteiger partial charge in [-0.05, 0) is 91.3 Å². The minimum atomic E-state index is -0.472. The lowest BCUT2D eigenvalue weighted by Crippen LogP contribution is -2.39. The molecule has 1 aliphatic carbocycles. The number of hydrogen-bond acceptors (Lipinski definition) is 3. The molecule has 1 amide bonds. The van der Waals surface area contributed by atoms with E-state index in [1.54, 1.807) is 4.90 Å². The van der Waals surface area contributed by atoms with Crippen molar-refractivity contribution in [2.75, 3.05) is 13.1 Å². The van der Waals surface area contributed by atoms with Crippen LogP contribution >= 0.6 is 0 Å². The summed E-state index contributed by atoms with van der Waals surface area (Å²) in [5.41, 5.74) is 7.46. The van der Waals surface area contributed by atoms with Gasteiger partial charge >= 0.3 is 6.09 Å². The van der Waals surface area contributed by atoms with Crippen molar-refractivity contribution in [3.8, 4) is 11.3 Å². The third-order valence-corrected chi connectivity index (χ3v) is 7.14. The number of carbonyl (C=O) groups excluding carboxylic acids is 1. The first-order valence-corrected chi connectivity index (χ1v) is 12.1. The summed E-state index contributed by atoms with van der Waals surface area (Å²) in [6.45, 7) is 16.4. The zero-order valence-electron chi connectivity index (χ0n) is 21.3. The molecule has 2 heterocycles. The molecule has 0 unspecified atom stereocenters.